The molecule has 0 radical (unpaired) electrons. The summed E-state index contributed by atoms with van der Waals surface area (Å²) in [4.78, 5) is 21.2. The highest BCUT2D eigenvalue weighted by atomic mass is 32.2. The molecule has 0 N–H and O–H groups in total. The van der Waals surface area contributed by atoms with Crippen molar-refractivity contribution in [1.82, 2.24) is 24.7 Å². The summed E-state index contributed by atoms with van der Waals surface area (Å²) in [5.41, 5.74) is 1.86. The van der Waals surface area contributed by atoms with Crippen LogP contribution in [0.1, 0.15) is 43.2 Å². The molecule has 3 heterocycles. The van der Waals surface area contributed by atoms with Crippen LogP contribution in [-0.4, -0.2) is 42.6 Å². The quantitative estimate of drug-likeness (QED) is 0.259. The molecule has 0 aliphatic carbocycles. The average Bonchev–Trinajstić information content (AvgIpc) is 3.34. The molecule has 0 unspecified atom stereocenters. The van der Waals surface area contributed by atoms with Crippen LogP contribution in [0.2, 0.25) is 0 Å². The van der Waals surface area contributed by atoms with Crippen molar-refractivity contribution >= 4 is 29.5 Å². The Morgan fingerprint density at radius 2 is 2.00 bits per heavy atom. The Kier molecular flexibility index (Phi) is 7.92. The number of nitrogens with zero attached hydrogens (tertiary/aromatic N) is 5. The topological polar surface area (TPSA) is 95.9 Å². The molecule has 1 atom stereocenters. The summed E-state index contributed by atoms with van der Waals surface area (Å²) in [7, 11) is 0. The average molecular weight is 448 g/mol. The van der Waals surface area contributed by atoms with Gasteiger partial charge in [-0.15, -0.1) is 10.2 Å². The zero-order chi connectivity index (χ0) is 21.5. The highest BCUT2D eigenvalue weighted by Crippen LogP contribution is 2.28. The molecule has 0 spiro atoms. The van der Waals surface area contributed by atoms with Crippen LogP contribution in [-0.2, 0) is 21.8 Å². The Hall–Kier alpha value is -2.33. The maximum atomic E-state index is 12.2. The molecule has 0 aliphatic heterocycles. The molecule has 3 aromatic heterocycles. The second-order valence-corrected chi connectivity index (χ2v) is 8.67. The first-order valence-corrected chi connectivity index (χ1v) is 11.6. The fourth-order valence-electron chi connectivity index (χ4n) is 2.78. The lowest BCUT2D eigenvalue weighted by atomic mass is 10.3. The van der Waals surface area contributed by atoms with Gasteiger partial charge in [0.25, 0.3) is 0 Å². The summed E-state index contributed by atoms with van der Waals surface area (Å²) < 4.78 is 12.7. The Balaban J connectivity index is 1.82. The van der Waals surface area contributed by atoms with E-state index in [1.165, 1.54) is 23.5 Å². The normalized spacial score (nSPS) is 12.1. The molecule has 160 valence electrons. The summed E-state index contributed by atoms with van der Waals surface area (Å²) in [5, 5.41) is 9.73. The minimum Gasteiger partial charge on any atom is -0.467 e. The van der Waals surface area contributed by atoms with Crippen LogP contribution in [0, 0.1) is 13.8 Å². The van der Waals surface area contributed by atoms with Gasteiger partial charge >= 0.3 is 5.97 Å². The summed E-state index contributed by atoms with van der Waals surface area (Å²) in [6, 6.07) is 5.69. The summed E-state index contributed by atoms with van der Waals surface area (Å²) in [5.74, 6) is 1.86. The third-order valence-electron chi connectivity index (χ3n) is 4.15. The van der Waals surface area contributed by atoms with Crippen LogP contribution in [0.3, 0.4) is 0 Å². The van der Waals surface area contributed by atoms with Gasteiger partial charge < -0.3 is 9.15 Å². The number of aromatic nitrogens is 5. The molecule has 0 amide bonds. The number of esters is 1. The van der Waals surface area contributed by atoms with Gasteiger partial charge in [-0.25, -0.2) is 9.97 Å². The molecule has 10 heteroatoms. The molecule has 0 aromatic carbocycles. The molecule has 8 nitrogen and oxygen atoms in total. The maximum Gasteiger partial charge on any atom is 0.319 e. The van der Waals surface area contributed by atoms with E-state index in [1.54, 1.807) is 13.2 Å². The van der Waals surface area contributed by atoms with Crippen molar-refractivity contribution < 1.29 is 13.9 Å². The van der Waals surface area contributed by atoms with Crippen LogP contribution in [0.4, 0.5) is 0 Å². The largest absolute Gasteiger partial charge is 0.467 e. The Bertz CT molecular complexity index is 955. The van der Waals surface area contributed by atoms with Gasteiger partial charge in [0.15, 0.2) is 10.3 Å². The fraction of sp³-hybridized carbons (Fsp3) is 0.450. The number of rotatable bonds is 10. The van der Waals surface area contributed by atoms with Crippen molar-refractivity contribution in [1.29, 1.82) is 0 Å². The predicted molar refractivity (Wildman–Crippen MR) is 115 cm³/mol. The van der Waals surface area contributed by atoms with Crippen molar-refractivity contribution in [2.45, 2.75) is 62.0 Å². The first-order chi connectivity index (χ1) is 14.5. The van der Waals surface area contributed by atoms with Crippen molar-refractivity contribution in [2.24, 2.45) is 0 Å². The van der Waals surface area contributed by atoms with E-state index in [-0.39, 0.29) is 11.2 Å². The van der Waals surface area contributed by atoms with E-state index in [9.17, 15) is 4.79 Å². The lowest BCUT2D eigenvalue weighted by Gasteiger charge is -2.14. The molecule has 0 bridgehead atoms. The minimum atomic E-state index is -0.340. The van der Waals surface area contributed by atoms with Gasteiger partial charge in [-0.05, 0) is 45.4 Å². The van der Waals surface area contributed by atoms with Gasteiger partial charge in [-0.1, -0.05) is 30.4 Å². The lowest BCUT2D eigenvalue weighted by Crippen LogP contribution is -2.20. The first kappa shape index (κ1) is 22.4. The summed E-state index contributed by atoms with van der Waals surface area (Å²) >= 11 is 2.87. The van der Waals surface area contributed by atoms with Gasteiger partial charge in [-0.2, -0.15) is 0 Å². The molecule has 0 aliphatic rings. The van der Waals surface area contributed by atoms with Gasteiger partial charge in [0.1, 0.15) is 16.8 Å². The number of hydrogen-bond donors (Lipinski definition) is 0. The second-order valence-electron chi connectivity index (χ2n) is 6.55. The van der Waals surface area contributed by atoms with E-state index in [4.69, 9.17) is 9.15 Å². The maximum absolute atomic E-state index is 12.2. The SMILES string of the molecule is CCOC(=O)[C@@H](CC)Sc1nnc(CSc2nc(C)cc(C)n2)n1Cc1ccco1. The van der Waals surface area contributed by atoms with Gasteiger partial charge in [0.05, 0.1) is 25.2 Å². The van der Waals surface area contributed by atoms with Crippen LogP contribution in [0.5, 0.6) is 0 Å². The Morgan fingerprint density at radius 1 is 1.23 bits per heavy atom. The van der Waals surface area contributed by atoms with Crippen LogP contribution >= 0.6 is 23.5 Å². The number of aryl methyl sites for hydroxylation is 2. The van der Waals surface area contributed by atoms with Gasteiger partial charge in [0, 0.05) is 11.4 Å². The third kappa shape index (κ3) is 5.85. The molecule has 0 fully saturated rings. The molecule has 0 saturated heterocycles. The number of hydrogen-bond acceptors (Lipinski definition) is 9. The summed E-state index contributed by atoms with van der Waals surface area (Å²) in [6.45, 7) is 8.49. The minimum absolute atomic E-state index is 0.239. The fourth-order valence-corrected chi connectivity index (χ4v) is 4.64. The zero-order valence-electron chi connectivity index (χ0n) is 17.5. The van der Waals surface area contributed by atoms with Gasteiger partial charge in [0.2, 0.25) is 0 Å². The molecule has 30 heavy (non-hydrogen) atoms. The van der Waals surface area contributed by atoms with Crippen molar-refractivity contribution in [3.8, 4) is 0 Å². The van der Waals surface area contributed by atoms with Crippen LogP contribution in [0.25, 0.3) is 0 Å². The van der Waals surface area contributed by atoms with E-state index in [1.807, 2.05) is 43.5 Å². The molecular formula is C20H25N5O3S2. The van der Waals surface area contributed by atoms with Crippen molar-refractivity contribution in [2.75, 3.05) is 6.61 Å². The molecule has 0 saturated carbocycles. The van der Waals surface area contributed by atoms with E-state index >= 15 is 0 Å². The van der Waals surface area contributed by atoms with E-state index in [0.717, 1.165) is 23.0 Å². The van der Waals surface area contributed by atoms with Crippen molar-refractivity contribution in [3.05, 3.63) is 47.4 Å². The third-order valence-corrected chi connectivity index (χ3v) is 6.31. The number of carbonyl (C=O) groups excluding carboxylic acids is 1. The monoisotopic (exact) mass is 447 g/mol. The first-order valence-electron chi connectivity index (χ1n) is 9.73. The predicted octanol–water partition coefficient (Wildman–Crippen LogP) is 4.05. The van der Waals surface area contributed by atoms with Crippen LogP contribution < -0.4 is 0 Å². The van der Waals surface area contributed by atoms with Gasteiger partial charge in [-0.3, -0.25) is 9.36 Å². The number of ether oxygens (including phenoxy) is 1. The Labute approximate surface area is 184 Å². The highest BCUT2D eigenvalue weighted by molar-refractivity contribution is 8.00. The van der Waals surface area contributed by atoms with E-state index in [0.29, 0.717) is 35.6 Å². The smallest absolute Gasteiger partial charge is 0.319 e. The molecule has 3 aromatic rings. The van der Waals surface area contributed by atoms with E-state index in [2.05, 4.69) is 20.2 Å². The lowest BCUT2D eigenvalue weighted by molar-refractivity contribution is -0.142. The van der Waals surface area contributed by atoms with Crippen LogP contribution in [0.15, 0.2) is 39.2 Å². The molecular weight excluding hydrogens is 422 g/mol. The highest BCUT2D eigenvalue weighted by Gasteiger charge is 2.24. The second kappa shape index (κ2) is 10.6. The number of thioether (sulfide) groups is 2. The number of carbonyl (C=O) groups is 1. The van der Waals surface area contributed by atoms with Crippen molar-refractivity contribution in [3.63, 3.8) is 0 Å². The number of furan rings is 1. The molecule has 3 rings (SSSR count). The zero-order valence-corrected chi connectivity index (χ0v) is 19.1. The Morgan fingerprint density at radius 3 is 2.63 bits per heavy atom. The van der Waals surface area contributed by atoms with E-state index < -0.39 is 0 Å². The summed E-state index contributed by atoms with van der Waals surface area (Å²) in [6.07, 6.45) is 2.27. The standard InChI is InChI=1S/C20H25N5O3S2/c1-5-16(18(26)27-6-2)30-20-24-23-17(25(20)11-15-8-7-9-28-15)12-29-19-21-13(3)10-14(4)22-19/h7-10,16H,5-6,11-12H2,1-4H3/t16-/m1/s1.